The van der Waals surface area contributed by atoms with Gasteiger partial charge in [0.05, 0.1) is 0 Å². The number of aldehydes is 1. The summed E-state index contributed by atoms with van der Waals surface area (Å²) < 4.78 is 5.39. The molecule has 0 aliphatic rings. The molecule has 1 atom stereocenters. The highest BCUT2D eigenvalue weighted by Crippen LogP contribution is 2.11. The number of benzene rings is 1. The number of nitrogens with one attached hydrogen (secondary N) is 1. The smallest absolute Gasteiger partial charge is 0.150 e. The van der Waals surface area contributed by atoms with Crippen LogP contribution in [0.15, 0.2) is 24.3 Å². The number of carbonyl (C=O) groups is 1. The van der Waals surface area contributed by atoms with Crippen LogP contribution in [0.2, 0.25) is 0 Å². The Bertz CT molecular complexity index is 335. The molecule has 1 aromatic carbocycles. The van der Waals surface area contributed by atoms with E-state index in [0.717, 1.165) is 6.29 Å². The standard InChI is InChI=1S/C13H19NO3/c1-10(2)14-7-12(16)9-17-13-5-3-11(8-15)4-6-13/h3-6,8,10,12,14,16H,7,9H2,1-2H3/t12-/m0/s1. The number of aliphatic hydroxyl groups is 1. The van der Waals surface area contributed by atoms with Gasteiger partial charge in [0.25, 0.3) is 0 Å². The summed E-state index contributed by atoms with van der Waals surface area (Å²) in [5, 5.41) is 12.7. The first kappa shape index (κ1) is 13.7. The number of hydrogen-bond donors (Lipinski definition) is 2. The zero-order valence-corrected chi connectivity index (χ0v) is 10.2. The normalized spacial score (nSPS) is 12.5. The maximum Gasteiger partial charge on any atom is 0.150 e. The van der Waals surface area contributed by atoms with Crippen LogP contribution in [0.5, 0.6) is 5.75 Å². The van der Waals surface area contributed by atoms with Gasteiger partial charge in [-0.1, -0.05) is 13.8 Å². The summed E-state index contributed by atoms with van der Waals surface area (Å²) >= 11 is 0. The summed E-state index contributed by atoms with van der Waals surface area (Å²) in [4.78, 5) is 10.4. The molecule has 0 unspecified atom stereocenters. The highest BCUT2D eigenvalue weighted by Gasteiger charge is 2.05. The van der Waals surface area contributed by atoms with E-state index in [-0.39, 0.29) is 6.61 Å². The Labute approximate surface area is 102 Å². The Hall–Kier alpha value is -1.39. The second-order valence-electron chi connectivity index (χ2n) is 4.21. The molecular formula is C13H19NO3. The summed E-state index contributed by atoms with van der Waals surface area (Å²) in [6.07, 6.45) is 0.244. The largest absolute Gasteiger partial charge is 0.491 e. The number of aliphatic hydroxyl groups excluding tert-OH is 1. The molecule has 2 N–H and O–H groups in total. The topological polar surface area (TPSA) is 58.6 Å². The number of ether oxygens (including phenoxy) is 1. The van der Waals surface area contributed by atoms with Crippen molar-refractivity contribution in [3.05, 3.63) is 29.8 Å². The van der Waals surface area contributed by atoms with Crippen LogP contribution >= 0.6 is 0 Å². The lowest BCUT2D eigenvalue weighted by molar-refractivity contribution is 0.104. The van der Waals surface area contributed by atoms with Crippen LogP contribution in [-0.2, 0) is 0 Å². The molecule has 0 fully saturated rings. The molecule has 0 heterocycles. The molecule has 0 bridgehead atoms. The van der Waals surface area contributed by atoms with E-state index in [1.807, 2.05) is 13.8 Å². The molecule has 0 spiro atoms. The van der Waals surface area contributed by atoms with Crippen molar-refractivity contribution in [1.29, 1.82) is 0 Å². The molecule has 17 heavy (non-hydrogen) atoms. The summed E-state index contributed by atoms with van der Waals surface area (Å²) in [6.45, 7) is 4.78. The Morgan fingerprint density at radius 1 is 1.35 bits per heavy atom. The van der Waals surface area contributed by atoms with Gasteiger partial charge in [-0.15, -0.1) is 0 Å². The fraction of sp³-hybridized carbons (Fsp3) is 0.462. The van der Waals surface area contributed by atoms with Crippen molar-refractivity contribution >= 4 is 6.29 Å². The molecule has 1 aromatic rings. The van der Waals surface area contributed by atoms with Crippen molar-refractivity contribution < 1.29 is 14.6 Å². The van der Waals surface area contributed by atoms with Crippen molar-refractivity contribution in [2.75, 3.05) is 13.2 Å². The highest BCUT2D eigenvalue weighted by atomic mass is 16.5. The van der Waals surface area contributed by atoms with Gasteiger partial charge in [0.2, 0.25) is 0 Å². The van der Waals surface area contributed by atoms with E-state index in [1.165, 1.54) is 0 Å². The lowest BCUT2D eigenvalue weighted by Crippen LogP contribution is -2.35. The van der Waals surface area contributed by atoms with Crippen molar-refractivity contribution in [2.24, 2.45) is 0 Å². The van der Waals surface area contributed by atoms with E-state index in [4.69, 9.17) is 4.74 Å². The number of hydrogen-bond acceptors (Lipinski definition) is 4. The maximum absolute atomic E-state index is 10.4. The Kier molecular flexibility index (Phi) is 5.66. The van der Waals surface area contributed by atoms with E-state index in [9.17, 15) is 9.90 Å². The van der Waals surface area contributed by atoms with Gasteiger partial charge in [0, 0.05) is 18.2 Å². The van der Waals surface area contributed by atoms with Gasteiger partial charge in [0.1, 0.15) is 24.7 Å². The van der Waals surface area contributed by atoms with Crippen LogP contribution in [-0.4, -0.2) is 36.7 Å². The van der Waals surface area contributed by atoms with E-state index in [0.29, 0.717) is 23.9 Å². The van der Waals surface area contributed by atoms with Crippen LogP contribution < -0.4 is 10.1 Å². The van der Waals surface area contributed by atoms with Gasteiger partial charge in [-0.25, -0.2) is 0 Å². The van der Waals surface area contributed by atoms with E-state index < -0.39 is 6.10 Å². The van der Waals surface area contributed by atoms with Gasteiger partial charge >= 0.3 is 0 Å². The third-order valence-corrected chi connectivity index (χ3v) is 2.22. The minimum absolute atomic E-state index is 0.236. The molecule has 0 saturated carbocycles. The molecule has 4 heteroatoms. The molecule has 0 aromatic heterocycles. The third-order valence-electron chi connectivity index (χ3n) is 2.22. The van der Waals surface area contributed by atoms with Crippen LogP contribution in [0.25, 0.3) is 0 Å². The first-order valence-corrected chi connectivity index (χ1v) is 5.71. The summed E-state index contributed by atoms with van der Waals surface area (Å²) in [5.74, 6) is 0.652. The van der Waals surface area contributed by atoms with E-state index in [1.54, 1.807) is 24.3 Å². The van der Waals surface area contributed by atoms with Crippen LogP contribution in [0.1, 0.15) is 24.2 Å². The Balaban J connectivity index is 2.31. The van der Waals surface area contributed by atoms with E-state index >= 15 is 0 Å². The highest BCUT2D eigenvalue weighted by molar-refractivity contribution is 5.74. The summed E-state index contributed by atoms with van der Waals surface area (Å²) in [7, 11) is 0. The average molecular weight is 237 g/mol. The predicted octanol–water partition coefficient (Wildman–Crippen LogP) is 1.24. The molecule has 94 valence electrons. The summed E-state index contributed by atoms with van der Waals surface area (Å²) in [5.41, 5.74) is 0.611. The molecule has 0 aliphatic carbocycles. The zero-order valence-electron chi connectivity index (χ0n) is 10.2. The van der Waals surface area contributed by atoms with Crippen molar-refractivity contribution in [3.8, 4) is 5.75 Å². The zero-order chi connectivity index (χ0) is 12.7. The van der Waals surface area contributed by atoms with Crippen molar-refractivity contribution in [2.45, 2.75) is 26.0 Å². The second kappa shape index (κ2) is 7.04. The fourth-order valence-corrected chi connectivity index (χ4v) is 1.27. The number of carbonyl (C=O) groups excluding carboxylic acids is 1. The first-order chi connectivity index (χ1) is 8.11. The molecular weight excluding hydrogens is 218 g/mol. The molecule has 0 amide bonds. The van der Waals surface area contributed by atoms with Crippen LogP contribution in [0, 0.1) is 0 Å². The van der Waals surface area contributed by atoms with Crippen LogP contribution in [0.4, 0.5) is 0 Å². The molecule has 0 saturated heterocycles. The van der Waals surface area contributed by atoms with E-state index in [2.05, 4.69) is 5.32 Å². The third kappa shape index (κ3) is 5.47. The van der Waals surface area contributed by atoms with Gasteiger partial charge in [0.15, 0.2) is 0 Å². The lowest BCUT2D eigenvalue weighted by atomic mass is 10.2. The quantitative estimate of drug-likeness (QED) is 0.700. The van der Waals surface area contributed by atoms with Gasteiger partial charge < -0.3 is 15.2 Å². The minimum Gasteiger partial charge on any atom is -0.491 e. The van der Waals surface area contributed by atoms with Crippen molar-refractivity contribution in [3.63, 3.8) is 0 Å². The predicted molar refractivity (Wildman–Crippen MR) is 66.5 cm³/mol. The summed E-state index contributed by atoms with van der Waals surface area (Å²) in [6, 6.07) is 7.14. The fourth-order valence-electron chi connectivity index (χ4n) is 1.27. The Morgan fingerprint density at radius 3 is 2.53 bits per heavy atom. The molecule has 0 radical (unpaired) electrons. The average Bonchev–Trinajstić information content (AvgIpc) is 2.34. The SMILES string of the molecule is CC(C)NC[C@H](O)COc1ccc(C=O)cc1. The maximum atomic E-state index is 10.4. The van der Waals surface area contributed by atoms with Gasteiger partial charge in [-0.3, -0.25) is 4.79 Å². The molecule has 4 nitrogen and oxygen atoms in total. The first-order valence-electron chi connectivity index (χ1n) is 5.71. The minimum atomic E-state index is -0.539. The Morgan fingerprint density at radius 2 is 2.00 bits per heavy atom. The molecule has 0 aliphatic heterocycles. The van der Waals surface area contributed by atoms with Crippen molar-refractivity contribution in [1.82, 2.24) is 5.32 Å². The second-order valence-corrected chi connectivity index (χ2v) is 4.21. The molecule has 1 rings (SSSR count). The number of rotatable bonds is 7. The van der Waals surface area contributed by atoms with Crippen LogP contribution in [0.3, 0.4) is 0 Å². The van der Waals surface area contributed by atoms with Gasteiger partial charge in [-0.05, 0) is 24.3 Å². The monoisotopic (exact) mass is 237 g/mol. The van der Waals surface area contributed by atoms with Gasteiger partial charge in [-0.2, -0.15) is 0 Å². The lowest BCUT2D eigenvalue weighted by Gasteiger charge is -2.14.